The van der Waals surface area contributed by atoms with E-state index in [1.54, 1.807) is 11.6 Å². The van der Waals surface area contributed by atoms with Crippen molar-refractivity contribution in [3.8, 4) is 5.69 Å². The first-order valence-electron chi connectivity index (χ1n) is 8.16. The van der Waals surface area contributed by atoms with E-state index in [-0.39, 0.29) is 18.6 Å². The van der Waals surface area contributed by atoms with Gasteiger partial charge in [-0.2, -0.15) is 5.10 Å². The molecule has 7 heteroatoms. The molecule has 1 aromatic carbocycles. The zero-order valence-corrected chi connectivity index (χ0v) is 14.5. The number of aromatic nitrogens is 2. The summed E-state index contributed by atoms with van der Waals surface area (Å²) in [6.45, 7) is 5.99. The SMILES string of the molecule is Cc1cccc(-n2ncc(C(=O)N3CC(C(=O)O)O[C@H](C)C3)c2C)c1. The van der Waals surface area contributed by atoms with E-state index >= 15 is 0 Å². The van der Waals surface area contributed by atoms with Crippen LogP contribution in [0.1, 0.15) is 28.5 Å². The van der Waals surface area contributed by atoms with Gasteiger partial charge in [-0.1, -0.05) is 12.1 Å². The fraction of sp³-hybridized carbons (Fsp3) is 0.389. The number of carbonyl (C=O) groups is 2. The molecule has 0 spiro atoms. The molecule has 3 rings (SSSR count). The van der Waals surface area contributed by atoms with Gasteiger partial charge in [0.2, 0.25) is 0 Å². The Bertz CT molecular complexity index is 814. The predicted molar refractivity (Wildman–Crippen MR) is 90.9 cm³/mol. The van der Waals surface area contributed by atoms with Gasteiger partial charge in [-0.15, -0.1) is 0 Å². The maximum atomic E-state index is 12.9. The van der Waals surface area contributed by atoms with Gasteiger partial charge in [0.1, 0.15) is 0 Å². The highest BCUT2D eigenvalue weighted by atomic mass is 16.5. The second kappa shape index (κ2) is 6.68. The van der Waals surface area contributed by atoms with Crippen LogP contribution in [0.5, 0.6) is 0 Å². The van der Waals surface area contributed by atoms with Gasteiger partial charge in [0.15, 0.2) is 6.10 Å². The molecule has 132 valence electrons. The Hall–Kier alpha value is -2.67. The Morgan fingerprint density at radius 2 is 2.04 bits per heavy atom. The monoisotopic (exact) mass is 343 g/mol. The highest BCUT2D eigenvalue weighted by molar-refractivity contribution is 5.95. The van der Waals surface area contributed by atoms with Gasteiger partial charge in [0.25, 0.3) is 5.91 Å². The van der Waals surface area contributed by atoms with Crippen molar-refractivity contribution in [1.29, 1.82) is 0 Å². The Morgan fingerprint density at radius 3 is 2.72 bits per heavy atom. The van der Waals surface area contributed by atoms with Crippen LogP contribution in [0.25, 0.3) is 5.69 Å². The molecule has 1 N–H and O–H groups in total. The van der Waals surface area contributed by atoms with Crippen LogP contribution >= 0.6 is 0 Å². The molecule has 0 saturated carbocycles. The predicted octanol–water partition coefficient (Wildman–Crippen LogP) is 1.80. The summed E-state index contributed by atoms with van der Waals surface area (Å²) in [5, 5.41) is 13.5. The number of carboxylic acid groups (broad SMARTS) is 1. The lowest BCUT2D eigenvalue weighted by atomic mass is 10.1. The minimum atomic E-state index is -1.06. The number of ether oxygens (including phenoxy) is 1. The molecule has 1 aliphatic rings. The van der Waals surface area contributed by atoms with Crippen LogP contribution in [0.4, 0.5) is 0 Å². The van der Waals surface area contributed by atoms with Crippen LogP contribution in [0.3, 0.4) is 0 Å². The van der Waals surface area contributed by atoms with E-state index in [1.165, 1.54) is 11.1 Å². The van der Waals surface area contributed by atoms with Gasteiger partial charge in [0.05, 0.1) is 35.8 Å². The van der Waals surface area contributed by atoms with Gasteiger partial charge in [0, 0.05) is 6.54 Å². The second-order valence-electron chi connectivity index (χ2n) is 6.38. The lowest BCUT2D eigenvalue weighted by Gasteiger charge is -2.34. The lowest BCUT2D eigenvalue weighted by molar-refractivity contribution is -0.160. The summed E-state index contributed by atoms with van der Waals surface area (Å²) >= 11 is 0. The molecule has 1 aliphatic heterocycles. The Labute approximate surface area is 145 Å². The number of aliphatic carboxylic acids is 1. The summed E-state index contributed by atoms with van der Waals surface area (Å²) in [6, 6.07) is 7.86. The topological polar surface area (TPSA) is 84.7 Å². The smallest absolute Gasteiger partial charge is 0.334 e. The molecule has 2 heterocycles. The average Bonchev–Trinajstić information content (AvgIpc) is 2.95. The van der Waals surface area contributed by atoms with Crippen LogP contribution in [0.15, 0.2) is 30.5 Å². The van der Waals surface area contributed by atoms with Crippen molar-refractivity contribution >= 4 is 11.9 Å². The summed E-state index contributed by atoms with van der Waals surface area (Å²) in [5.41, 5.74) is 3.18. The minimum Gasteiger partial charge on any atom is -0.479 e. The molecule has 0 radical (unpaired) electrons. The molecule has 2 aromatic rings. The number of morpholine rings is 1. The molecular formula is C18H21N3O4. The van der Waals surface area contributed by atoms with E-state index in [4.69, 9.17) is 4.74 Å². The van der Waals surface area contributed by atoms with Crippen molar-refractivity contribution < 1.29 is 19.4 Å². The Kier molecular flexibility index (Phi) is 4.59. The Morgan fingerprint density at radius 1 is 1.28 bits per heavy atom. The van der Waals surface area contributed by atoms with E-state index in [0.717, 1.165) is 16.9 Å². The van der Waals surface area contributed by atoms with E-state index in [9.17, 15) is 14.7 Å². The van der Waals surface area contributed by atoms with Gasteiger partial charge < -0.3 is 14.7 Å². The van der Waals surface area contributed by atoms with Crippen LogP contribution < -0.4 is 0 Å². The number of amides is 1. The first kappa shape index (κ1) is 17.2. The molecular weight excluding hydrogens is 322 g/mol. The van der Waals surface area contributed by atoms with Crippen molar-refractivity contribution in [2.24, 2.45) is 0 Å². The Balaban J connectivity index is 1.87. The third-order valence-corrected chi connectivity index (χ3v) is 4.31. The molecule has 7 nitrogen and oxygen atoms in total. The third kappa shape index (κ3) is 3.41. The molecule has 1 saturated heterocycles. The maximum absolute atomic E-state index is 12.9. The van der Waals surface area contributed by atoms with E-state index < -0.39 is 12.1 Å². The van der Waals surface area contributed by atoms with Crippen molar-refractivity contribution in [1.82, 2.24) is 14.7 Å². The van der Waals surface area contributed by atoms with Gasteiger partial charge in [-0.3, -0.25) is 4.79 Å². The summed E-state index contributed by atoms with van der Waals surface area (Å²) in [4.78, 5) is 25.6. The average molecular weight is 343 g/mol. The van der Waals surface area contributed by atoms with Gasteiger partial charge in [-0.25, -0.2) is 9.48 Å². The summed E-state index contributed by atoms with van der Waals surface area (Å²) in [7, 11) is 0. The van der Waals surface area contributed by atoms with Crippen LogP contribution in [-0.2, 0) is 9.53 Å². The van der Waals surface area contributed by atoms with Crippen molar-refractivity contribution in [2.45, 2.75) is 33.0 Å². The van der Waals surface area contributed by atoms with Crippen LogP contribution in [0.2, 0.25) is 0 Å². The number of nitrogens with zero attached hydrogens (tertiary/aromatic N) is 3. The number of carbonyl (C=O) groups excluding carboxylic acids is 1. The van der Waals surface area contributed by atoms with Gasteiger partial charge in [-0.05, 0) is 38.5 Å². The normalized spacial score (nSPS) is 20.5. The van der Waals surface area contributed by atoms with E-state index in [2.05, 4.69) is 5.10 Å². The standard InChI is InChI=1S/C18H21N3O4/c1-11-5-4-6-14(7-11)21-13(3)15(8-19-21)17(22)20-9-12(2)25-16(10-20)18(23)24/h4-8,12,16H,9-10H2,1-3H3,(H,23,24)/t12-,16?/m1/s1. The largest absolute Gasteiger partial charge is 0.479 e. The first-order chi connectivity index (χ1) is 11.9. The van der Waals surface area contributed by atoms with E-state index in [0.29, 0.717) is 12.1 Å². The number of hydrogen-bond acceptors (Lipinski definition) is 4. The molecule has 0 aliphatic carbocycles. The summed E-state index contributed by atoms with van der Waals surface area (Å²) < 4.78 is 7.09. The van der Waals surface area contributed by atoms with Crippen LogP contribution in [0, 0.1) is 13.8 Å². The minimum absolute atomic E-state index is 0.0353. The quantitative estimate of drug-likeness (QED) is 0.919. The number of hydrogen-bond donors (Lipinski definition) is 1. The van der Waals surface area contributed by atoms with E-state index in [1.807, 2.05) is 38.1 Å². The van der Waals surface area contributed by atoms with Crippen molar-refractivity contribution in [3.63, 3.8) is 0 Å². The zero-order valence-electron chi connectivity index (χ0n) is 14.5. The maximum Gasteiger partial charge on any atom is 0.334 e. The lowest BCUT2D eigenvalue weighted by Crippen LogP contribution is -2.51. The fourth-order valence-electron chi connectivity index (χ4n) is 3.06. The number of rotatable bonds is 3. The zero-order chi connectivity index (χ0) is 18.1. The molecule has 2 atom stereocenters. The van der Waals surface area contributed by atoms with Crippen molar-refractivity contribution in [3.05, 3.63) is 47.3 Å². The molecule has 1 fully saturated rings. The third-order valence-electron chi connectivity index (χ3n) is 4.31. The molecule has 25 heavy (non-hydrogen) atoms. The highest BCUT2D eigenvalue weighted by Gasteiger charge is 2.34. The summed E-state index contributed by atoms with van der Waals surface area (Å²) in [5.74, 6) is -1.28. The molecule has 1 amide bonds. The fourth-order valence-corrected chi connectivity index (χ4v) is 3.06. The van der Waals surface area contributed by atoms with Gasteiger partial charge >= 0.3 is 5.97 Å². The van der Waals surface area contributed by atoms with Crippen LogP contribution in [-0.4, -0.2) is 57.0 Å². The molecule has 1 unspecified atom stereocenters. The first-order valence-corrected chi connectivity index (χ1v) is 8.16. The highest BCUT2D eigenvalue weighted by Crippen LogP contribution is 2.19. The number of carboxylic acids is 1. The molecule has 1 aromatic heterocycles. The number of benzene rings is 1. The van der Waals surface area contributed by atoms with Crippen molar-refractivity contribution in [2.75, 3.05) is 13.1 Å². The second-order valence-corrected chi connectivity index (χ2v) is 6.38. The number of aryl methyl sites for hydroxylation is 1. The summed E-state index contributed by atoms with van der Waals surface area (Å²) in [6.07, 6.45) is 0.210. The molecule has 0 bridgehead atoms.